The van der Waals surface area contributed by atoms with Gasteiger partial charge in [-0.2, -0.15) is 0 Å². The third kappa shape index (κ3) is 4.76. The Labute approximate surface area is 112 Å². The first-order valence-electron chi connectivity index (χ1n) is 6.17. The lowest BCUT2D eigenvalue weighted by Crippen LogP contribution is -2.43. The van der Waals surface area contributed by atoms with Crippen LogP contribution >= 0.6 is 0 Å². The fourth-order valence-corrected chi connectivity index (χ4v) is 1.85. The maximum atomic E-state index is 11.7. The molecule has 1 fully saturated rings. The van der Waals surface area contributed by atoms with E-state index in [0.29, 0.717) is 13.0 Å². The number of ether oxygens (including phenoxy) is 1. The van der Waals surface area contributed by atoms with Crippen LogP contribution in [-0.2, 0) is 19.2 Å². The molecule has 0 spiro atoms. The van der Waals surface area contributed by atoms with Gasteiger partial charge in [0.25, 0.3) is 0 Å². The fourth-order valence-electron chi connectivity index (χ4n) is 1.85. The van der Waals surface area contributed by atoms with E-state index in [0.717, 1.165) is 6.42 Å². The summed E-state index contributed by atoms with van der Waals surface area (Å²) in [6, 6.07) is -0.632. The van der Waals surface area contributed by atoms with E-state index in [1.54, 1.807) is 20.8 Å². The van der Waals surface area contributed by atoms with E-state index >= 15 is 0 Å². The quantitative estimate of drug-likeness (QED) is 0.719. The van der Waals surface area contributed by atoms with Crippen molar-refractivity contribution in [1.82, 2.24) is 10.4 Å². The lowest BCUT2D eigenvalue weighted by molar-refractivity contribution is -0.158. The highest BCUT2D eigenvalue weighted by Gasteiger charge is 2.34. The van der Waals surface area contributed by atoms with Crippen molar-refractivity contribution >= 4 is 18.0 Å². The van der Waals surface area contributed by atoms with E-state index in [1.807, 2.05) is 5.48 Å². The Balaban J connectivity index is 2.43. The molecule has 7 nitrogen and oxygen atoms in total. The normalized spacial score (nSPS) is 18.9. The summed E-state index contributed by atoms with van der Waals surface area (Å²) in [5.41, 5.74) is 1.26. The summed E-state index contributed by atoms with van der Waals surface area (Å²) >= 11 is 0. The smallest absolute Gasteiger partial charge is 0.441 e. The van der Waals surface area contributed by atoms with Crippen LogP contribution in [0, 0.1) is 0 Å². The number of nitrogens with zero attached hydrogens (tertiary/aromatic N) is 1. The number of carbonyl (C=O) groups is 3. The maximum absolute atomic E-state index is 11.7. The molecule has 2 amide bonds. The second-order valence-electron chi connectivity index (χ2n) is 5.40. The highest BCUT2D eigenvalue weighted by molar-refractivity contribution is 5.84. The molecule has 1 heterocycles. The summed E-state index contributed by atoms with van der Waals surface area (Å²) in [4.78, 5) is 40.4. The predicted molar refractivity (Wildman–Crippen MR) is 65.9 cm³/mol. The van der Waals surface area contributed by atoms with Crippen molar-refractivity contribution in [1.29, 1.82) is 0 Å². The first kappa shape index (κ1) is 15.3. The van der Waals surface area contributed by atoms with Gasteiger partial charge in [-0.1, -0.05) is 0 Å². The standard InChI is InChI=1S/C12H20N2O5/c1-8(15)14-7-5-6-9(14)10(16)19-13-11(17)18-12(2,3)4/h9H,5-7H2,1-4H3,(H,13,17)/t9-/m0/s1. The Kier molecular flexibility index (Phi) is 4.74. The Morgan fingerprint density at radius 1 is 1.26 bits per heavy atom. The molecule has 1 N–H and O–H groups in total. The number of rotatable bonds is 1. The number of amides is 2. The molecule has 0 saturated carbocycles. The van der Waals surface area contributed by atoms with Gasteiger partial charge in [0.05, 0.1) is 0 Å². The van der Waals surface area contributed by atoms with Crippen LogP contribution in [0.5, 0.6) is 0 Å². The van der Waals surface area contributed by atoms with Gasteiger partial charge in [-0.05, 0) is 33.6 Å². The van der Waals surface area contributed by atoms with E-state index in [1.165, 1.54) is 11.8 Å². The van der Waals surface area contributed by atoms with Crippen LogP contribution < -0.4 is 5.48 Å². The van der Waals surface area contributed by atoms with Crippen molar-refractivity contribution in [2.75, 3.05) is 6.54 Å². The summed E-state index contributed by atoms with van der Waals surface area (Å²) < 4.78 is 4.92. The maximum Gasteiger partial charge on any atom is 0.441 e. The van der Waals surface area contributed by atoms with E-state index in [4.69, 9.17) is 4.74 Å². The van der Waals surface area contributed by atoms with Gasteiger partial charge in [0, 0.05) is 13.5 Å². The molecule has 108 valence electrons. The molecule has 1 atom stereocenters. The minimum Gasteiger partial charge on any atom is -0.442 e. The fraction of sp³-hybridized carbons (Fsp3) is 0.750. The van der Waals surface area contributed by atoms with E-state index in [2.05, 4.69) is 4.84 Å². The van der Waals surface area contributed by atoms with Crippen molar-refractivity contribution in [2.24, 2.45) is 0 Å². The monoisotopic (exact) mass is 272 g/mol. The number of hydroxylamine groups is 1. The summed E-state index contributed by atoms with van der Waals surface area (Å²) in [7, 11) is 0. The zero-order valence-corrected chi connectivity index (χ0v) is 11.7. The third-order valence-electron chi connectivity index (χ3n) is 2.56. The van der Waals surface area contributed by atoms with Crippen LogP contribution in [0.25, 0.3) is 0 Å². The minimum absolute atomic E-state index is 0.184. The van der Waals surface area contributed by atoms with Crippen LogP contribution in [0.1, 0.15) is 40.5 Å². The number of carbonyl (C=O) groups excluding carboxylic acids is 3. The van der Waals surface area contributed by atoms with Crippen molar-refractivity contribution in [3.63, 3.8) is 0 Å². The molecule has 0 aromatic rings. The van der Waals surface area contributed by atoms with E-state index in [9.17, 15) is 14.4 Å². The lowest BCUT2D eigenvalue weighted by atomic mass is 10.2. The average Bonchev–Trinajstić information content (AvgIpc) is 2.72. The number of nitrogens with one attached hydrogen (secondary N) is 1. The van der Waals surface area contributed by atoms with Crippen LogP contribution in [0.4, 0.5) is 4.79 Å². The van der Waals surface area contributed by atoms with Crippen LogP contribution in [0.3, 0.4) is 0 Å². The van der Waals surface area contributed by atoms with Gasteiger partial charge in [-0.3, -0.25) is 4.79 Å². The molecule has 1 aliphatic heterocycles. The molecule has 0 aromatic carbocycles. The lowest BCUT2D eigenvalue weighted by Gasteiger charge is -2.22. The number of hydrogen-bond acceptors (Lipinski definition) is 5. The van der Waals surface area contributed by atoms with Crippen LogP contribution in [-0.4, -0.2) is 41.1 Å². The van der Waals surface area contributed by atoms with Crippen molar-refractivity contribution in [3.05, 3.63) is 0 Å². The molecule has 0 unspecified atom stereocenters. The molecule has 7 heteroatoms. The Hall–Kier alpha value is -1.79. The SMILES string of the molecule is CC(=O)N1CCC[C@H]1C(=O)ONC(=O)OC(C)(C)C. The molecular formula is C12H20N2O5. The Bertz CT molecular complexity index is 375. The molecule has 1 saturated heterocycles. The van der Waals surface area contributed by atoms with Crippen molar-refractivity contribution < 1.29 is 24.0 Å². The first-order valence-corrected chi connectivity index (χ1v) is 6.17. The zero-order valence-electron chi connectivity index (χ0n) is 11.7. The summed E-state index contributed by atoms with van der Waals surface area (Å²) in [5.74, 6) is -0.838. The largest absolute Gasteiger partial charge is 0.442 e. The number of likely N-dealkylation sites (tertiary alicyclic amines) is 1. The minimum atomic E-state index is -0.840. The van der Waals surface area contributed by atoms with Gasteiger partial charge < -0.3 is 14.5 Å². The predicted octanol–water partition coefficient (Wildman–Crippen LogP) is 0.980. The molecule has 19 heavy (non-hydrogen) atoms. The average molecular weight is 272 g/mol. The van der Waals surface area contributed by atoms with E-state index in [-0.39, 0.29) is 5.91 Å². The molecular weight excluding hydrogens is 252 g/mol. The van der Waals surface area contributed by atoms with Gasteiger partial charge in [-0.25, -0.2) is 9.59 Å². The molecule has 0 aromatic heterocycles. The van der Waals surface area contributed by atoms with Gasteiger partial charge in [0.15, 0.2) is 0 Å². The second kappa shape index (κ2) is 5.90. The molecule has 0 bridgehead atoms. The molecule has 1 aliphatic rings. The van der Waals surface area contributed by atoms with Gasteiger partial charge in [0.2, 0.25) is 5.91 Å². The first-order chi connectivity index (χ1) is 8.70. The van der Waals surface area contributed by atoms with Gasteiger partial charge in [-0.15, -0.1) is 5.48 Å². The van der Waals surface area contributed by atoms with Gasteiger partial charge >= 0.3 is 12.1 Å². The second-order valence-corrected chi connectivity index (χ2v) is 5.40. The van der Waals surface area contributed by atoms with Crippen molar-refractivity contribution in [2.45, 2.75) is 52.2 Å². The third-order valence-corrected chi connectivity index (χ3v) is 2.56. The highest BCUT2D eigenvalue weighted by Crippen LogP contribution is 2.18. The van der Waals surface area contributed by atoms with E-state index < -0.39 is 23.7 Å². The van der Waals surface area contributed by atoms with Crippen LogP contribution in [0.15, 0.2) is 0 Å². The highest BCUT2D eigenvalue weighted by atomic mass is 16.7. The van der Waals surface area contributed by atoms with Crippen molar-refractivity contribution in [3.8, 4) is 0 Å². The Morgan fingerprint density at radius 3 is 2.42 bits per heavy atom. The van der Waals surface area contributed by atoms with Gasteiger partial charge in [0.1, 0.15) is 11.6 Å². The summed E-state index contributed by atoms with van der Waals surface area (Å²) in [6.07, 6.45) is 0.438. The summed E-state index contributed by atoms with van der Waals surface area (Å²) in [5, 5.41) is 0. The zero-order chi connectivity index (χ0) is 14.6. The summed E-state index contributed by atoms with van der Waals surface area (Å²) in [6.45, 7) is 7.02. The molecule has 0 radical (unpaired) electrons. The number of hydrogen-bond donors (Lipinski definition) is 1. The Morgan fingerprint density at radius 2 is 1.89 bits per heavy atom. The molecule has 1 rings (SSSR count). The topological polar surface area (TPSA) is 84.9 Å². The molecule has 0 aliphatic carbocycles. The van der Waals surface area contributed by atoms with Crippen LogP contribution in [0.2, 0.25) is 0 Å².